The largest absolute Gasteiger partial charge is 0.482 e. The lowest BCUT2D eigenvalue weighted by atomic mass is 10.1. The van der Waals surface area contributed by atoms with Gasteiger partial charge in [0.1, 0.15) is 12.4 Å². The van der Waals surface area contributed by atoms with Crippen molar-refractivity contribution >= 4 is 0 Å². The van der Waals surface area contributed by atoms with Gasteiger partial charge in [-0.25, -0.2) is 9.37 Å². The zero-order valence-electron chi connectivity index (χ0n) is 17.1. The minimum Gasteiger partial charge on any atom is -0.482 e. The van der Waals surface area contributed by atoms with Crippen molar-refractivity contribution < 1.29 is 18.6 Å². The van der Waals surface area contributed by atoms with Gasteiger partial charge >= 0.3 is 0 Å². The number of hydrogen-bond donors (Lipinski definition) is 0. The fraction of sp³-hybridized carbons (Fsp3) is 0.167. The lowest BCUT2D eigenvalue weighted by Gasteiger charge is -2.12. The van der Waals surface area contributed by atoms with Crippen LogP contribution < -0.4 is 9.47 Å². The van der Waals surface area contributed by atoms with Crippen LogP contribution in [0.5, 0.6) is 11.6 Å². The standard InChI is InChI=1S/C24H22FN3O3/c1-29-17-31-24-22(30-16-18-5-3-2-4-6-18)13-26-23(27-24)15-28-12-11-20(14-28)19-7-9-21(25)10-8-19/h2-14H,15-17H2,1H3. The van der Waals surface area contributed by atoms with Crippen LogP contribution in [0.4, 0.5) is 4.39 Å². The fourth-order valence-corrected chi connectivity index (χ4v) is 3.03. The lowest BCUT2D eigenvalue weighted by molar-refractivity contribution is 0.0445. The van der Waals surface area contributed by atoms with Crippen LogP contribution in [0.15, 0.2) is 79.3 Å². The van der Waals surface area contributed by atoms with Gasteiger partial charge in [-0.2, -0.15) is 4.98 Å². The number of benzene rings is 2. The second-order valence-corrected chi connectivity index (χ2v) is 6.86. The number of halogens is 1. The van der Waals surface area contributed by atoms with Crippen LogP contribution >= 0.6 is 0 Å². The Labute approximate surface area is 179 Å². The van der Waals surface area contributed by atoms with Crippen molar-refractivity contribution in [3.8, 4) is 22.8 Å². The van der Waals surface area contributed by atoms with E-state index in [-0.39, 0.29) is 12.6 Å². The van der Waals surface area contributed by atoms with Crippen LogP contribution in [0.25, 0.3) is 11.1 Å². The summed E-state index contributed by atoms with van der Waals surface area (Å²) in [6, 6.07) is 18.2. The van der Waals surface area contributed by atoms with Crippen LogP contribution in [0.3, 0.4) is 0 Å². The second-order valence-electron chi connectivity index (χ2n) is 6.86. The van der Waals surface area contributed by atoms with Crippen molar-refractivity contribution in [1.82, 2.24) is 14.5 Å². The van der Waals surface area contributed by atoms with Gasteiger partial charge in [-0.05, 0) is 34.9 Å². The van der Waals surface area contributed by atoms with Crippen LogP contribution in [0.1, 0.15) is 11.4 Å². The van der Waals surface area contributed by atoms with Gasteiger partial charge in [-0.15, -0.1) is 0 Å². The molecule has 0 N–H and O–H groups in total. The van der Waals surface area contributed by atoms with E-state index in [4.69, 9.17) is 14.2 Å². The first kappa shape index (κ1) is 20.6. The van der Waals surface area contributed by atoms with Crippen LogP contribution in [0, 0.1) is 5.82 Å². The normalized spacial score (nSPS) is 10.8. The first-order chi connectivity index (χ1) is 15.2. The van der Waals surface area contributed by atoms with Gasteiger partial charge in [0.05, 0.1) is 12.7 Å². The molecule has 0 aliphatic heterocycles. The average molecular weight is 419 g/mol. The summed E-state index contributed by atoms with van der Waals surface area (Å²) in [6.45, 7) is 0.880. The highest BCUT2D eigenvalue weighted by Gasteiger charge is 2.12. The zero-order chi connectivity index (χ0) is 21.5. The molecular formula is C24H22FN3O3. The van der Waals surface area contributed by atoms with E-state index in [1.54, 1.807) is 25.4 Å². The van der Waals surface area contributed by atoms with Crippen molar-refractivity contribution in [3.05, 3.63) is 96.5 Å². The van der Waals surface area contributed by atoms with E-state index in [2.05, 4.69) is 9.97 Å². The number of nitrogens with zero attached hydrogens (tertiary/aromatic N) is 3. The molecule has 2 aromatic carbocycles. The van der Waals surface area contributed by atoms with E-state index in [0.29, 0.717) is 30.6 Å². The molecule has 0 saturated heterocycles. The van der Waals surface area contributed by atoms with Gasteiger partial charge in [0.15, 0.2) is 18.4 Å². The van der Waals surface area contributed by atoms with Crippen molar-refractivity contribution in [3.63, 3.8) is 0 Å². The molecular weight excluding hydrogens is 397 g/mol. The van der Waals surface area contributed by atoms with Crippen LogP contribution in [-0.4, -0.2) is 28.4 Å². The predicted octanol–water partition coefficient (Wildman–Crippen LogP) is 4.69. The SMILES string of the molecule is COCOc1nc(Cn2ccc(-c3ccc(F)cc3)c2)ncc1OCc1ccccc1. The predicted molar refractivity (Wildman–Crippen MR) is 114 cm³/mol. The van der Waals surface area contributed by atoms with Gasteiger partial charge in [-0.1, -0.05) is 42.5 Å². The fourth-order valence-electron chi connectivity index (χ4n) is 3.03. The van der Waals surface area contributed by atoms with Crippen molar-refractivity contribution in [1.29, 1.82) is 0 Å². The Morgan fingerprint density at radius 2 is 1.74 bits per heavy atom. The molecule has 0 radical (unpaired) electrons. The first-order valence-electron chi connectivity index (χ1n) is 9.77. The van der Waals surface area contributed by atoms with Gasteiger partial charge in [0.25, 0.3) is 5.88 Å². The molecule has 158 valence electrons. The third-order valence-corrected chi connectivity index (χ3v) is 4.57. The van der Waals surface area contributed by atoms with Gasteiger partial charge in [0.2, 0.25) is 0 Å². The molecule has 0 saturated carbocycles. The van der Waals surface area contributed by atoms with Crippen molar-refractivity contribution in [2.45, 2.75) is 13.2 Å². The van der Waals surface area contributed by atoms with Gasteiger partial charge < -0.3 is 18.8 Å². The number of ether oxygens (including phenoxy) is 3. The van der Waals surface area contributed by atoms with Crippen LogP contribution in [0.2, 0.25) is 0 Å². The minimum absolute atomic E-state index is 0.0520. The van der Waals surface area contributed by atoms with E-state index in [0.717, 1.165) is 16.7 Å². The van der Waals surface area contributed by atoms with Gasteiger partial charge in [-0.3, -0.25) is 0 Å². The van der Waals surface area contributed by atoms with E-state index >= 15 is 0 Å². The summed E-state index contributed by atoms with van der Waals surface area (Å²) in [4.78, 5) is 8.92. The zero-order valence-corrected chi connectivity index (χ0v) is 17.1. The molecule has 4 aromatic rings. The van der Waals surface area contributed by atoms with E-state index < -0.39 is 0 Å². The Hall–Kier alpha value is -3.71. The number of rotatable bonds is 9. The molecule has 0 bridgehead atoms. The monoisotopic (exact) mass is 419 g/mol. The average Bonchev–Trinajstić information content (AvgIpc) is 3.26. The first-order valence-corrected chi connectivity index (χ1v) is 9.77. The molecule has 0 aliphatic carbocycles. The summed E-state index contributed by atoms with van der Waals surface area (Å²) < 4.78 is 31.6. The number of methoxy groups -OCH3 is 1. The maximum Gasteiger partial charge on any atom is 0.262 e. The molecule has 0 unspecified atom stereocenters. The Kier molecular flexibility index (Phi) is 6.54. The second kappa shape index (κ2) is 9.86. The summed E-state index contributed by atoms with van der Waals surface area (Å²) in [5, 5.41) is 0. The molecule has 0 amide bonds. The third-order valence-electron chi connectivity index (χ3n) is 4.57. The molecule has 2 aromatic heterocycles. The lowest BCUT2D eigenvalue weighted by Crippen LogP contribution is -2.08. The molecule has 6 nitrogen and oxygen atoms in total. The topological polar surface area (TPSA) is 58.4 Å². The minimum atomic E-state index is -0.255. The van der Waals surface area contributed by atoms with E-state index in [1.807, 2.05) is 53.4 Å². The molecule has 7 heteroatoms. The Balaban J connectivity index is 1.48. The third kappa shape index (κ3) is 5.46. The van der Waals surface area contributed by atoms with Crippen molar-refractivity contribution in [2.75, 3.05) is 13.9 Å². The summed E-state index contributed by atoms with van der Waals surface area (Å²) in [5.74, 6) is 1.09. The smallest absolute Gasteiger partial charge is 0.262 e. The quantitative estimate of drug-likeness (QED) is 0.368. The molecule has 0 spiro atoms. The molecule has 31 heavy (non-hydrogen) atoms. The van der Waals surface area contributed by atoms with E-state index in [1.165, 1.54) is 12.1 Å². The molecule has 4 rings (SSSR count). The summed E-state index contributed by atoms with van der Waals surface area (Å²) >= 11 is 0. The molecule has 2 heterocycles. The number of hydrogen-bond acceptors (Lipinski definition) is 5. The number of aromatic nitrogens is 3. The Morgan fingerprint density at radius 1 is 0.935 bits per heavy atom. The van der Waals surface area contributed by atoms with Gasteiger partial charge in [0, 0.05) is 19.5 Å². The highest BCUT2D eigenvalue weighted by Crippen LogP contribution is 2.25. The van der Waals surface area contributed by atoms with Crippen LogP contribution in [-0.2, 0) is 17.9 Å². The maximum absolute atomic E-state index is 13.2. The maximum atomic E-state index is 13.2. The highest BCUT2D eigenvalue weighted by atomic mass is 19.1. The highest BCUT2D eigenvalue weighted by molar-refractivity contribution is 5.62. The molecule has 0 aliphatic rings. The summed E-state index contributed by atoms with van der Waals surface area (Å²) in [7, 11) is 1.55. The summed E-state index contributed by atoms with van der Waals surface area (Å²) in [6.07, 6.45) is 5.50. The Morgan fingerprint density at radius 3 is 2.52 bits per heavy atom. The molecule has 0 fully saturated rings. The molecule has 0 atom stereocenters. The van der Waals surface area contributed by atoms with Crippen molar-refractivity contribution in [2.24, 2.45) is 0 Å². The Bertz CT molecular complexity index is 1110. The van der Waals surface area contributed by atoms with E-state index in [9.17, 15) is 4.39 Å². The summed E-state index contributed by atoms with van der Waals surface area (Å²) in [5.41, 5.74) is 2.96.